The van der Waals surface area contributed by atoms with Gasteiger partial charge in [-0.2, -0.15) is 0 Å². The monoisotopic (exact) mass is 641 g/mol. The average Bonchev–Trinajstić information content (AvgIpc) is 3.18. The smallest absolute Gasteiger partial charge is 0.0346 e. The van der Waals surface area contributed by atoms with E-state index in [9.17, 15) is 0 Å². The molecule has 0 saturated heterocycles. The first-order valence-electron chi connectivity index (χ1n) is 17.1. The van der Waals surface area contributed by atoms with Gasteiger partial charge >= 0.3 is 0 Å². The van der Waals surface area contributed by atoms with Gasteiger partial charge in [0, 0.05) is 18.0 Å². The zero-order valence-electron chi connectivity index (χ0n) is 28.3. The first kappa shape index (κ1) is 32.2. The second-order valence-corrected chi connectivity index (χ2v) is 12.4. The van der Waals surface area contributed by atoms with E-state index in [1.54, 1.807) is 0 Å². The highest BCUT2D eigenvalue weighted by Gasteiger charge is 2.12. The van der Waals surface area contributed by atoms with Crippen molar-refractivity contribution in [1.82, 2.24) is 4.98 Å². The van der Waals surface area contributed by atoms with Crippen LogP contribution in [0.2, 0.25) is 0 Å². The Morgan fingerprint density at radius 2 is 1.26 bits per heavy atom. The predicted molar refractivity (Wildman–Crippen MR) is 215 cm³/mol. The topological polar surface area (TPSA) is 12.9 Å². The Morgan fingerprint density at radius 3 is 2.08 bits per heavy atom. The SMILES string of the molecule is C=C(/C=C\C=C/C)c1ccccc1-c1cccc(/C(=C\Cc2cccc(-c3cccc4ccccc34)c2)c2cccc(-c3cccnc3)c2)c1. The molecule has 0 fully saturated rings. The number of allylic oxidation sites excluding steroid dienone is 6. The molecular formula is C49H39N. The molecule has 7 aromatic rings. The minimum atomic E-state index is 0.790. The summed E-state index contributed by atoms with van der Waals surface area (Å²) in [6, 6.07) is 54.5. The minimum absolute atomic E-state index is 0.790. The van der Waals surface area contributed by atoms with E-state index in [1.165, 1.54) is 44.2 Å². The number of benzene rings is 6. The Morgan fingerprint density at radius 1 is 0.600 bits per heavy atom. The maximum Gasteiger partial charge on any atom is 0.0346 e. The number of nitrogens with zero attached hydrogens (tertiary/aromatic N) is 1. The normalized spacial score (nSPS) is 11.8. The summed E-state index contributed by atoms with van der Waals surface area (Å²) in [7, 11) is 0. The Balaban J connectivity index is 1.31. The molecule has 0 aliphatic carbocycles. The lowest BCUT2D eigenvalue weighted by atomic mass is 9.89. The zero-order chi connectivity index (χ0) is 34.1. The first-order valence-corrected chi connectivity index (χ1v) is 17.1. The van der Waals surface area contributed by atoms with Gasteiger partial charge in [-0.1, -0.05) is 170 Å². The van der Waals surface area contributed by atoms with Crippen molar-refractivity contribution in [3.63, 3.8) is 0 Å². The number of hydrogen-bond donors (Lipinski definition) is 0. The first-order chi connectivity index (χ1) is 24.7. The minimum Gasteiger partial charge on any atom is -0.264 e. The van der Waals surface area contributed by atoms with Crippen molar-refractivity contribution >= 4 is 21.9 Å². The summed E-state index contributed by atoms with van der Waals surface area (Å²) in [6.45, 7) is 6.42. The van der Waals surface area contributed by atoms with Crippen LogP contribution in [0.15, 0.2) is 201 Å². The fourth-order valence-corrected chi connectivity index (χ4v) is 6.61. The summed E-state index contributed by atoms with van der Waals surface area (Å²) in [6.07, 6.45) is 15.1. The van der Waals surface area contributed by atoms with Gasteiger partial charge in [0.05, 0.1) is 0 Å². The van der Waals surface area contributed by atoms with Crippen LogP contribution in [0.1, 0.15) is 29.2 Å². The second-order valence-electron chi connectivity index (χ2n) is 12.4. The van der Waals surface area contributed by atoms with Crippen molar-refractivity contribution in [3.05, 3.63) is 223 Å². The van der Waals surface area contributed by atoms with E-state index in [1.807, 2.05) is 43.6 Å². The van der Waals surface area contributed by atoms with Crippen LogP contribution < -0.4 is 0 Å². The number of pyridine rings is 1. The highest BCUT2D eigenvalue weighted by Crippen LogP contribution is 2.35. The average molecular weight is 642 g/mol. The number of aromatic nitrogens is 1. The molecule has 1 nitrogen and oxygen atoms in total. The fourth-order valence-electron chi connectivity index (χ4n) is 6.61. The van der Waals surface area contributed by atoms with Crippen LogP contribution in [-0.2, 0) is 6.42 Å². The molecular weight excluding hydrogens is 603 g/mol. The lowest BCUT2D eigenvalue weighted by Crippen LogP contribution is -1.94. The zero-order valence-corrected chi connectivity index (χ0v) is 28.3. The highest BCUT2D eigenvalue weighted by atomic mass is 14.6. The molecule has 0 aliphatic heterocycles. The highest BCUT2D eigenvalue weighted by molar-refractivity contribution is 5.96. The van der Waals surface area contributed by atoms with Gasteiger partial charge in [-0.3, -0.25) is 4.98 Å². The van der Waals surface area contributed by atoms with Crippen LogP contribution in [0.25, 0.3) is 55.3 Å². The predicted octanol–water partition coefficient (Wildman–Crippen LogP) is 13.1. The maximum atomic E-state index is 4.40. The molecule has 0 bridgehead atoms. The molecule has 0 radical (unpaired) electrons. The van der Waals surface area contributed by atoms with Crippen LogP contribution in [0.3, 0.4) is 0 Å². The third-order valence-corrected chi connectivity index (χ3v) is 9.10. The van der Waals surface area contributed by atoms with E-state index in [2.05, 4.69) is 169 Å². The third kappa shape index (κ3) is 7.23. The second kappa shape index (κ2) is 15.3. The number of hydrogen-bond acceptors (Lipinski definition) is 1. The van der Waals surface area contributed by atoms with Crippen LogP contribution in [-0.4, -0.2) is 4.98 Å². The quantitative estimate of drug-likeness (QED) is 0.135. The van der Waals surface area contributed by atoms with Crippen molar-refractivity contribution in [2.75, 3.05) is 0 Å². The van der Waals surface area contributed by atoms with E-state index < -0.39 is 0 Å². The van der Waals surface area contributed by atoms with Crippen LogP contribution >= 0.6 is 0 Å². The summed E-state index contributed by atoms with van der Waals surface area (Å²) in [5, 5.41) is 2.53. The van der Waals surface area contributed by atoms with Gasteiger partial charge in [0.2, 0.25) is 0 Å². The molecule has 1 aromatic heterocycles. The molecule has 50 heavy (non-hydrogen) atoms. The van der Waals surface area contributed by atoms with Crippen LogP contribution in [0.5, 0.6) is 0 Å². The maximum absolute atomic E-state index is 4.40. The van der Waals surface area contributed by atoms with E-state index in [4.69, 9.17) is 0 Å². The molecule has 0 unspecified atom stereocenters. The number of fused-ring (bicyclic) bond motifs is 1. The molecule has 0 N–H and O–H groups in total. The lowest BCUT2D eigenvalue weighted by Gasteiger charge is -2.15. The Bertz CT molecular complexity index is 2370. The van der Waals surface area contributed by atoms with Crippen LogP contribution in [0.4, 0.5) is 0 Å². The Hall–Kier alpha value is -6.31. The van der Waals surface area contributed by atoms with E-state index in [-0.39, 0.29) is 0 Å². The summed E-state index contributed by atoms with van der Waals surface area (Å²) < 4.78 is 0. The molecule has 0 aliphatic rings. The molecule has 240 valence electrons. The van der Waals surface area contributed by atoms with Gasteiger partial charge in [0.1, 0.15) is 0 Å². The van der Waals surface area contributed by atoms with Gasteiger partial charge in [-0.25, -0.2) is 0 Å². The standard InChI is InChI=1S/C49H39N/c1-3-4-5-15-36(2)45-25-8-9-27-48(45)43-23-12-22-42(34-43)46(41-21-11-19-39(33-41)44-24-14-31-50-35-44)30-29-37-16-10-20-40(32-37)49-28-13-18-38-17-6-7-26-47(38)49/h3-28,30-35H,2,29H2,1H3/b4-3-,15-5-,46-30-. The Labute approximate surface area is 296 Å². The van der Waals surface area contributed by atoms with E-state index >= 15 is 0 Å². The van der Waals surface area contributed by atoms with Gasteiger partial charge in [-0.15, -0.1) is 0 Å². The van der Waals surface area contributed by atoms with Gasteiger partial charge in [-0.05, 0) is 104 Å². The largest absolute Gasteiger partial charge is 0.264 e. The fraction of sp³-hybridized carbons (Fsp3) is 0.0408. The van der Waals surface area contributed by atoms with Crippen molar-refractivity contribution in [2.45, 2.75) is 13.3 Å². The Kier molecular flexibility index (Phi) is 9.85. The summed E-state index contributed by atoms with van der Waals surface area (Å²) in [5.74, 6) is 0. The van der Waals surface area contributed by atoms with Gasteiger partial charge in [0.15, 0.2) is 0 Å². The summed E-state index contributed by atoms with van der Waals surface area (Å²) >= 11 is 0. The molecule has 0 saturated carbocycles. The van der Waals surface area contributed by atoms with E-state index in [0.29, 0.717) is 0 Å². The van der Waals surface area contributed by atoms with E-state index in [0.717, 1.165) is 39.8 Å². The van der Waals surface area contributed by atoms with Gasteiger partial charge in [0.25, 0.3) is 0 Å². The molecule has 1 heteroatoms. The van der Waals surface area contributed by atoms with Crippen LogP contribution in [0, 0.1) is 0 Å². The lowest BCUT2D eigenvalue weighted by molar-refractivity contribution is 1.27. The van der Waals surface area contributed by atoms with Crippen molar-refractivity contribution in [3.8, 4) is 33.4 Å². The molecule has 1 heterocycles. The molecule has 0 atom stereocenters. The third-order valence-electron chi connectivity index (χ3n) is 9.10. The summed E-state index contributed by atoms with van der Waals surface area (Å²) in [5.41, 5.74) is 14.0. The van der Waals surface area contributed by atoms with Crippen molar-refractivity contribution in [2.24, 2.45) is 0 Å². The molecule has 6 aromatic carbocycles. The number of rotatable bonds is 10. The summed E-state index contributed by atoms with van der Waals surface area (Å²) in [4.78, 5) is 4.38. The van der Waals surface area contributed by atoms with Crippen molar-refractivity contribution < 1.29 is 0 Å². The molecule has 0 spiro atoms. The molecule has 7 rings (SSSR count). The van der Waals surface area contributed by atoms with Crippen molar-refractivity contribution in [1.29, 1.82) is 0 Å². The van der Waals surface area contributed by atoms with Gasteiger partial charge < -0.3 is 0 Å². The molecule has 0 amide bonds.